The van der Waals surface area contributed by atoms with Gasteiger partial charge in [-0.05, 0) is 37.3 Å². The Bertz CT molecular complexity index is 409. The van der Waals surface area contributed by atoms with E-state index in [2.05, 4.69) is 19.2 Å². The van der Waals surface area contributed by atoms with Crippen molar-refractivity contribution in [3.8, 4) is 0 Å². The molecule has 0 bridgehead atoms. The van der Waals surface area contributed by atoms with Gasteiger partial charge in [0, 0.05) is 24.1 Å². The molecule has 1 aromatic carbocycles. The Morgan fingerprint density at radius 2 is 1.89 bits per heavy atom. The standard InChI is InChI=1S/C15H21F2N/c1-3-15(4-2,10-18-12-6-7-12)13-8-5-11(16)9-14(13)17/h5,8-9,12,18H,3-4,6-7,10H2,1-2H3. The highest BCUT2D eigenvalue weighted by molar-refractivity contribution is 5.28. The van der Waals surface area contributed by atoms with Crippen molar-refractivity contribution in [1.29, 1.82) is 0 Å². The van der Waals surface area contributed by atoms with Crippen molar-refractivity contribution in [1.82, 2.24) is 5.32 Å². The molecule has 0 radical (unpaired) electrons. The zero-order chi connectivity index (χ0) is 13.2. The highest BCUT2D eigenvalue weighted by atomic mass is 19.1. The van der Waals surface area contributed by atoms with Gasteiger partial charge in [-0.25, -0.2) is 8.78 Å². The number of hydrogen-bond donors (Lipinski definition) is 1. The maximum absolute atomic E-state index is 14.0. The summed E-state index contributed by atoms with van der Waals surface area (Å²) in [6, 6.07) is 4.56. The normalized spacial score (nSPS) is 16.0. The second-order valence-electron chi connectivity index (χ2n) is 5.27. The topological polar surface area (TPSA) is 12.0 Å². The highest BCUT2D eigenvalue weighted by Crippen LogP contribution is 2.34. The van der Waals surface area contributed by atoms with E-state index in [9.17, 15) is 8.78 Å². The van der Waals surface area contributed by atoms with Crippen LogP contribution in [0.5, 0.6) is 0 Å². The fourth-order valence-electron chi connectivity index (χ4n) is 2.52. The van der Waals surface area contributed by atoms with Gasteiger partial charge < -0.3 is 5.32 Å². The largest absolute Gasteiger partial charge is 0.313 e. The molecule has 0 saturated heterocycles. The van der Waals surface area contributed by atoms with Crippen LogP contribution in [-0.4, -0.2) is 12.6 Å². The molecular formula is C15H21F2N. The molecule has 2 rings (SSSR count). The van der Waals surface area contributed by atoms with Crippen LogP contribution in [0.1, 0.15) is 45.1 Å². The molecule has 1 aromatic rings. The van der Waals surface area contributed by atoms with Gasteiger partial charge in [-0.2, -0.15) is 0 Å². The van der Waals surface area contributed by atoms with Crippen LogP contribution in [0.4, 0.5) is 8.78 Å². The zero-order valence-electron chi connectivity index (χ0n) is 11.1. The third-order valence-corrected chi connectivity index (χ3v) is 4.16. The molecule has 0 spiro atoms. The van der Waals surface area contributed by atoms with Gasteiger partial charge in [-0.3, -0.25) is 0 Å². The van der Waals surface area contributed by atoms with E-state index in [1.165, 1.54) is 18.9 Å². The first kappa shape index (κ1) is 13.5. The van der Waals surface area contributed by atoms with Gasteiger partial charge in [-0.1, -0.05) is 19.9 Å². The molecule has 1 nitrogen and oxygen atoms in total. The lowest BCUT2D eigenvalue weighted by Crippen LogP contribution is -2.39. The van der Waals surface area contributed by atoms with Crippen molar-refractivity contribution in [3.63, 3.8) is 0 Å². The van der Waals surface area contributed by atoms with Crippen LogP contribution >= 0.6 is 0 Å². The Morgan fingerprint density at radius 3 is 2.39 bits per heavy atom. The van der Waals surface area contributed by atoms with E-state index in [0.29, 0.717) is 11.6 Å². The number of halogens is 2. The van der Waals surface area contributed by atoms with Crippen LogP contribution in [0.2, 0.25) is 0 Å². The van der Waals surface area contributed by atoms with Gasteiger partial charge in [-0.15, -0.1) is 0 Å². The van der Waals surface area contributed by atoms with Crippen molar-refractivity contribution in [2.24, 2.45) is 0 Å². The van der Waals surface area contributed by atoms with Crippen molar-refractivity contribution in [3.05, 3.63) is 35.4 Å². The summed E-state index contributed by atoms with van der Waals surface area (Å²) in [6.07, 6.45) is 4.14. The van der Waals surface area contributed by atoms with Crippen LogP contribution in [0, 0.1) is 11.6 Å². The van der Waals surface area contributed by atoms with Crippen LogP contribution in [0.3, 0.4) is 0 Å². The SMILES string of the molecule is CCC(CC)(CNC1CC1)c1ccc(F)cc1F. The van der Waals surface area contributed by atoms with Crippen molar-refractivity contribution in [2.45, 2.75) is 51.0 Å². The van der Waals surface area contributed by atoms with Crippen molar-refractivity contribution >= 4 is 0 Å². The van der Waals surface area contributed by atoms with Crippen LogP contribution < -0.4 is 5.32 Å². The second-order valence-corrected chi connectivity index (χ2v) is 5.27. The van der Waals surface area contributed by atoms with Gasteiger partial charge in [0.25, 0.3) is 0 Å². The predicted molar refractivity (Wildman–Crippen MR) is 69.6 cm³/mol. The maximum Gasteiger partial charge on any atom is 0.129 e. The molecule has 0 unspecified atom stereocenters. The minimum Gasteiger partial charge on any atom is -0.313 e. The molecule has 0 atom stereocenters. The van der Waals surface area contributed by atoms with Gasteiger partial charge in [0.15, 0.2) is 0 Å². The molecule has 0 aromatic heterocycles. The van der Waals surface area contributed by atoms with E-state index in [4.69, 9.17) is 0 Å². The number of rotatable bonds is 6. The van der Waals surface area contributed by atoms with Crippen molar-refractivity contribution < 1.29 is 8.78 Å². The molecular weight excluding hydrogens is 232 g/mol. The minimum atomic E-state index is -0.507. The first-order chi connectivity index (χ1) is 8.61. The zero-order valence-corrected chi connectivity index (χ0v) is 11.1. The van der Waals surface area contributed by atoms with Gasteiger partial charge in [0.1, 0.15) is 11.6 Å². The summed E-state index contributed by atoms with van der Waals surface area (Å²) < 4.78 is 27.0. The molecule has 0 amide bonds. The van der Waals surface area contributed by atoms with E-state index < -0.39 is 11.6 Å². The van der Waals surface area contributed by atoms with Crippen LogP contribution in [0.25, 0.3) is 0 Å². The first-order valence-corrected chi connectivity index (χ1v) is 6.80. The molecule has 1 aliphatic carbocycles. The average molecular weight is 253 g/mol. The minimum absolute atomic E-state index is 0.222. The molecule has 100 valence electrons. The Hall–Kier alpha value is -0.960. The summed E-state index contributed by atoms with van der Waals surface area (Å²) >= 11 is 0. The van der Waals surface area contributed by atoms with Gasteiger partial charge >= 0.3 is 0 Å². The maximum atomic E-state index is 14.0. The molecule has 1 saturated carbocycles. The lowest BCUT2D eigenvalue weighted by Gasteiger charge is -2.33. The molecule has 1 N–H and O–H groups in total. The molecule has 0 heterocycles. The summed E-state index contributed by atoms with van der Waals surface area (Å²) in [7, 11) is 0. The molecule has 1 fully saturated rings. The van der Waals surface area contributed by atoms with E-state index in [1.807, 2.05) is 0 Å². The summed E-state index contributed by atoms with van der Waals surface area (Å²) in [5, 5.41) is 3.48. The van der Waals surface area contributed by atoms with Gasteiger partial charge in [0.05, 0.1) is 0 Å². The Kier molecular flexibility index (Phi) is 4.00. The quantitative estimate of drug-likeness (QED) is 0.813. The van der Waals surface area contributed by atoms with Gasteiger partial charge in [0.2, 0.25) is 0 Å². The summed E-state index contributed by atoms with van der Waals surface area (Å²) in [5.74, 6) is -0.927. The Morgan fingerprint density at radius 1 is 1.22 bits per heavy atom. The average Bonchev–Trinajstić information content (AvgIpc) is 3.16. The summed E-state index contributed by atoms with van der Waals surface area (Å²) in [6.45, 7) is 4.91. The third kappa shape index (κ3) is 2.72. The van der Waals surface area contributed by atoms with Crippen molar-refractivity contribution in [2.75, 3.05) is 6.54 Å². The smallest absolute Gasteiger partial charge is 0.129 e. The molecule has 3 heteroatoms. The molecule has 1 aliphatic rings. The Balaban J connectivity index is 2.25. The molecule has 18 heavy (non-hydrogen) atoms. The number of benzene rings is 1. The monoisotopic (exact) mass is 253 g/mol. The molecule has 0 aliphatic heterocycles. The predicted octanol–water partition coefficient (Wildman–Crippen LogP) is 3.77. The summed E-state index contributed by atoms with van der Waals surface area (Å²) in [4.78, 5) is 0. The fraction of sp³-hybridized carbons (Fsp3) is 0.600. The summed E-state index contributed by atoms with van der Waals surface area (Å²) in [5.41, 5.74) is 0.419. The van der Waals surface area contributed by atoms with E-state index in [-0.39, 0.29) is 5.41 Å². The number of hydrogen-bond acceptors (Lipinski definition) is 1. The van der Waals surface area contributed by atoms with E-state index in [1.54, 1.807) is 6.07 Å². The third-order valence-electron chi connectivity index (χ3n) is 4.16. The lowest BCUT2D eigenvalue weighted by atomic mass is 9.75. The highest BCUT2D eigenvalue weighted by Gasteiger charge is 2.33. The van der Waals surface area contributed by atoms with E-state index >= 15 is 0 Å². The lowest BCUT2D eigenvalue weighted by molar-refractivity contribution is 0.351. The van der Waals surface area contributed by atoms with Crippen LogP contribution in [0.15, 0.2) is 18.2 Å². The second kappa shape index (κ2) is 5.35. The Labute approximate surface area is 108 Å². The van der Waals surface area contributed by atoms with Crippen LogP contribution in [-0.2, 0) is 5.41 Å². The number of nitrogens with one attached hydrogen (secondary N) is 1. The fourth-order valence-corrected chi connectivity index (χ4v) is 2.52. The first-order valence-electron chi connectivity index (χ1n) is 6.80. The van der Waals surface area contributed by atoms with E-state index in [0.717, 1.165) is 25.5 Å².